The molecule has 0 saturated heterocycles. The second-order valence-electron chi connectivity index (χ2n) is 7.03. The van der Waals surface area contributed by atoms with Gasteiger partial charge in [-0.3, -0.25) is 9.59 Å². The average molecular weight is 371 g/mol. The lowest BCUT2D eigenvalue weighted by atomic mass is 10.1. The third kappa shape index (κ3) is 4.07. The predicted octanol–water partition coefficient (Wildman–Crippen LogP) is 4.77. The fraction of sp³-hybridized carbons (Fsp3) is 0.333. The maximum absolute atomic E-state index is 12.7. The molecule has 0 aliphatic heterocycles. The molecule has 5 heteroatoms. The quantitative estimate of drug-likeness (QED) is 0.824. The van der Waals surface area contributed by atoms with Gasteiger partial charge in [0.15, 0.2) is 0 Å². The molecule has 0 bridgehead atoms. The number of halogens is 1. The molecule has 0 aromatic heterocycles. The molecule has 136 valence electrons. The Morgan fingerprint density at radius 2 is 1.85 bits per heavy atom. The molecule has 4 nitrogen and oxygen atoms in total. The Kier molecular flexibility index (Phi) is 5.33. The first kappa shape index (κ1) is 18.5. The van der Waals surface area contributed by atoms with Crippen molar-refractivity contribution in [3.63, 3.8) is 0 Å². The molecule has 0 radical (unpaired) electrons. The number of hydrogen-bond acceptors (Lipinski definition) is 2. The Hall–Kier alpha value is -2.33. The highest BCUT2D eigenvalue weighted by Crippen LogP contribution is 2.38. The third-order valence-corrected chi connectivity index (χ3v) is 5.31. The summed E-state index contributed by atoms with van der Waals surface area (Å²) in [5.41, 5.74) is 2.28. The largest absolute Gasteiger partial charge is 0.335 e. The minimum atomic E-state index is -0.100. The zero-order valence-corrected chi connectivity index (χ0v) is 16.0. The number of anilines is 1. The van der Waals surface area contributed by atoms with E-state index in [1.54, 1.807) is 36.2 Å². The standard InChI is InChI=1S/C21H23ClN2O2/c1-13-11-19(13)20(25)23-18-9-7-15(8-10-18)21(26)24(3)14(2)16-5-4-6-17(22)12-16/h4-10,12-14,19H,11H2,1-3H3,(H,23,25). The van der Waals surface area contributed by atoms with Gasteiger partial charge in [0.25, 0.3) is 5.91 Å². The van der Waals surface area contributed by atoms with Crippen LogP contribution in [0.5, 0.6) is 0 Å². The molecular weight excluding hydrogens is 348 g/mol. The lowest BCUT2D eigenvalue weighted by molar-refractivity contribution is -0.117. The molecule has 1 N–H and O–H groups in total. The van der Waals surface area contributed by atoms with Crippen molar-refractivity contribution in [1.82, 2.24) is 4.90 Å². The van der Waals surface area contributed by atoms with E-state index in [-0.39, 0.29) is 23.8 Å². The van der Waals surface area contributed by atoms with E-state index in [1.165, 1.54) is 0 Å². The SMILES string of the molecule is CC1CC1C(=O)Nc1ccc(C(=O)N(C)C(C)c2cccc(Cl)c2)cc1. The summed E-state index contributed by atoms with van der Waals surface area (Å²) < 4.78 is 0. The van der Waals surface area contributed by atoms with Gasteiger partial charge in [-0.1, -0.05) is 30.7 Å². The highest BCUT2D eigenvalue weighted by Gasteiger charge is 2.39. The third-order valence-electron chi connectivity index (χ3n) is 5.08. The van der Waals surface area contributed by atoms with Crippen molar-refractivity contribution >= 4 is 29.1 Å². The van der Waals surface area contributed by atoms with Crippen LogP contribution in [-0.4, -0.2) is 23.8 Å². The fourth-order valence-corrected chi connectivity index (χ4v) is 3.19. The van der Waals surface area contributed by atoms with E-state index in [2.05, 4.69) is 12.2 Å². The molecule has 3 unspecified atom stereocenters. The summed E-state index contributed by atoms with van der Waals surface area (Å²) in [6, 6.07) is 14.5. The van der Waals surface area contributed by atoms with Gasteiger partial charge < -0.3 is 10.2 Å². The molecule has 1 fully saturated rings. The first-order valence-corrected chi connectivity index (χ1v) is 9.18. The first-order valence-electron chi connectivity index (χ1n) is 8.80. The number of nitrogens with zero attached hydrogens (tertiary/aromatic N) is 1. The minimum Gasteiger partial charge on any atom is -0.335 e. The van der Waals surface area contributed by atoms with Crippen molar-refractivity contribution in [2.75, 3.05) is 12.4 Å². The zero-order valence-electron chi connectivity index (χ0n) is 15.2. The molecular formula is C21H23ClN2O2. The highest BCUT2D eigenvalue weighted by atomic mass is 35.5. The predicted molar refractivity (Wildman–Crippen MR) is 104 cm³/mol. The second-order valence-corrected chi connectivity index (χ2v) is 7.47. The van der Waals surface area contributed by atoms with Crippen LogP contribution in [0.2, 0.25) is 5.02 Å². The summed E-state index contributed by atoms with van der Waals surface area (Å²) in [5.74, 6) is 0.577. The van der Waals surface area contributed by atoms with Crippen LogP contribution >= 0.6 is 11.6 Å². The summed E-state index contributed by atoms with van der Waals surface area (Å²) in [5, 5.41) is 3.56. The van der Waals surface area contributed by atoms with Crippen molar-refractivity contribution in [1.29, 1.82) is 0 Å². The smallest absolute Gasteiger partial charge is 0.254 e. The second kappa shape index (κ2) is 7.50. The van der Waals surface area contributed by atoms with Gasteiger partial charge in [-0.15, -0.1) is 0 Å². The van der Waals surface area contributed by atoms with Crippen LogP contribution in [0.15, 0.2) is 48.5 Å². The first-order chi connectivity index (χ1) is 12.4. The molecule has 3 atom stereocenters. The Morgan fingerprint density at radius 3 is 2.42 bits per heavy atom. The van der Waals surface area contributed by atoms with Crippen molar-refractivity contribution in [2.45, 2.75) is 26.3 Å². The molecule has 0 heterocycles. The molecule has 2 aromatic rings. The number of hydrogen-bond donors (Lipinski definition) is 1. The summed E-state index contributed by atoms with van der Waals surface area (Å²) >= 11 is 6.05. The number of amides is 2. The van der Waals surface area contributed by atoms with E-state index in [0.717, 1.165) is 17.7 Å². The average Bonchev–Trinajstić information content (AvgIpc) is 3.37. The molecule has 26 heavy (non-hydrogen) atoms. The zero-order chi connectivity index (χ0) is 18.8. The summed E-state index contributed by atoms with van der Waals surface area (Å²) in [6.07, 6.45) is 0.953. The summed E-state index contributed by atoms with van der Waals surface area (Å²) in [4.78, 5) is 26.4. The number of carbonyl (C=O) groups excluding carboxylic acids is 2. The number of rotatable bonds is 5. The number of benzene rings is 2. The Bertz CT molecular complexity index is 819. The summed E-state index contributed by atoms with van der Waals surface area (Å²) in [7, 11) is 1.78. The maximum Gasteiger partial charge on any atom is 0.254 e. The molecule has 1 saturated carbocycles. The van der Waals surface area contributed by atoms with Crippen molar-refractivity contribution in [3.05, 3.63) is 64.7 Å². The Balaban J connectivity index is 1.66. The van der Waals surface area contributed by atoms with Crippen molar-refractivity contribution in [3.8, 4) is 0 Å². The van der Waals surface area contributed by atoms with E-state index in [1.807, 2.05) is 31.2 Å². The Morgan fingerprint density at radius 1 is 1.19 bits per heavy atom. The Labute approximate surface area is 159 Å². The van der Waals surface area contributed by atoms with E-state index >= 15 is 0 Å². The van der Waals surface area contributed by atoms with Crippen LogP contribution in [0.4, 0.5) is 5.69 Å². The van der Waals surface area contributed by atoms with E-state index in [9.17, 15) is 9.59 Å². The van der Waals surface area contributed by atoms with Crippen molar-refractivity contribution < 1.29 is 9.59 Å². The topological polar surface area (TPSA) is 49.4 Å². The molecule has 3 rings (SSSR count). The molecule has 2 amide bonds. The van der Waals surface area contributed by atoms with Gasteiger partial charge in [0.05, 0.1) is 6.04 Å². The minimum absolute atomic E-state index is 0.0586. The van der Waals surface area contributed by atoms with Crippen LogP contribution < -0.4 is 5.32 Å². The maximum atomic E-state index is 12.7. The lowest BCUT2D eigenvalue weighted by Gasteiger charge is -2.25. The highest BCUT2D eigenvalue weighted by molar-refractivity contribution is 6.30. The van der Waals surface area contributed by atoms with Crippen LogP contribution in [0.25, 0.3) is 0 Å². The molecule has 0 spiro atoms. The van der Waals surface area contributed by atoms with E-state index < -0.39 is 0 Å². The van der Waals surface area contributed by atoms with Crippen LogP contribution in [-0.2, 0) is 4.79 Å². The fourth-order valence-electron chi connectivity index (χ4n) is 2.99. The van der Waals surface area contributed by atoms with Gasteiger partial charge in [-0.2, -0.15) is 0 Å². The van der Waals surface area contributed by atoms with Gasteiger partial charge in [0, 0.05) is 29.2 Å². The van der Waals surface area contributed by atoms with Gasteiger partial charge in [0.1, 0.15) is 0 Å². The number of nitrogens with one attached hydrogen (secondary N) is 1. The monoisotopic (exact) mass is 370 g/mol. The lowest BCUT2D eigenvalue weighted by Crippen LogP contribution is -2.29. The molecule has 1 aliphatic rings. The summed E-state index contributed by atoms with van der Waals surface area (Å²) in [6.45, 7) is 4.04. The van der Waals surface area contributed by atoms with Gasteiger partial charge in [-0.25, -0.2) is 0 Å². The van der Waals surface area contributed by atoms with Gasteiger partial charge in [0.2, 0.25) is 5.91 Å². The van der Waals surface area contributed by atoms with Crippen LogP contribution in [0, 0.1) is 11.8 Å². The van der Waals surface area contributed by atoms with Crippen molar-refractivity contribution in [2.24, 2.45) is 11.8 Å². The van der Waals surface area contributed by atoms with E-state index in [0.29, 0.717) is 16.5 Å². The van der Waals surface area contributed by atoms with Crippen LogP contribution in [0.3, 0.4) is 0 Å². The van der Waals surface area contributed by atoms with Gasteiger partial charge >= 0.3 is 0 Å². The van der Waals surface area contributed by atoms with E-state index in [4.69, 9.17) is 11.6 Å². The molecule has 2 aromatic carbocycles. The molecule has 1 aliphatic carbocycles. The van der Waals surface area contributed by atoms with Crippen LogP contribution in [0.1, 0.15) is 42.2 Å². The van der Waals surface area contributed by atoms with Gasteiger partial charge in [-0.05, 0) is 61.2 Å². The normalized spacial score (nSPS) is 19.5. The number of carbonyl (C=O) groups is 2.